The van der Waals surface area contributed by atoms with Crippen LogP contribution in [0.1, 0.15) is 26.2 Å². The van der Waals surface area contributed by atoms with Gasteiger partial charge in [0, 0.05) is 26.1 Å². The molecule has 2 aliphatic rings. The van der Waals surface area contributed by atoms with E-state index in [0.717, 1.165) is 31.8 Å². The number of thioether (sulfide) groups is 1. The maximum absolute atomic E-state index is 11.2. The van der Waals surface area contributed by atoms with Crippen LogP contribution in [0.5, 0.6) is 0 Å². The summed E-state index contributed by atoms with van der Waals surface area (Å²) in [5, 5.41) is 3.67. The fraction of sp³-hybridized carbons (Fsp3) is 0.917. The standard InChI is InChI=1S/C12H22N2OS/c1-10(15)14-5-2-12(3-6-14)13-8-11-4-7-16-9-11/h11-13H,2-9H2,1H3. The molecule has 2 aliphatic heterocycles. The van der Waals surface area contributed by atoms with Crippen molar-refractivity contribution in [3.05, 3.63) is 0 Å². The van der Waals surface area contributed by atoms with E-state index in [9.17, 15) is 4.79 Å². The smallest absolute Gasteiger partial charge is 0.219 e. The normalized spacial score (nSPS) is 27.3. The molecule has 2 fully saturated rings. The number of hydrogen-bond donors (Lipinski definition) is 1. The Hall–Kier alpha value is -0.220. The number of nitrogens with one attached hydrogen (secondary N) is 1. The zero-order chi connectivity index (χ0) is 11.4. The SMILES string of the molecule is CC(=O)N1CCC(NCC2CCSC2)CC1. The molecule has 1 N–H and O–H groups in total. The maximum atomic E-state index is 11.2. The van der Waals surface area contributed by atoms with Gasteiger partial charge in [-0.1, -0.05) is 0 Å². The Labute approximate surface area is 102 Å². The number of carbonyl (C=O) groups is 1. The van der Waals surface area contributed by atoms with Gasteiger partial charge >= 0.3 is 0 Å². The van der Waals surface area contributed by atoms with Crippen molar-refractivity contribution in [3.63, 3.8) is 0 Å². The first-order valence-corrected chi connectivity index (χ1v) is 7.48. The molecule has 1 amide bonds. The van der Waals surface area contributed by atoms with Crippen molar-refractivity contribution in [2.45, 2.75) is 32.2 Å². The second-order valence-electron chi connectivity index (χ2n) is 4.92. The molecule has 16 heavy (non-hydrogen) atoms. The molecule has 0 aliphatic carbocycles. The van der Waals surface area contributed by atoms with E-state index < -0.39 is 0 Å². The average molecular weight is 242 g/mol. The van der Waals surface area contributed by atoms with Crippen LogP contribution in [0, 0.1) is 5.92 Å². The Kier molecular flexibility index (Phi) is 4.53. The van der Waals surface area contributed by atoms with Gasteiger partial charge in [-0.3, -0.25) is 4.79 Å². The van der Waals surface area contributed by atoms with E-state index in [1.807, 2.05) is 4.90 Å². The molecule has 2 heterocycles. The lowest BCUT2D eigenvalue weighted by Crippen LogP contribution is -2.45. The van der Waals surface area contributed by atoms with Crippen LogP contribution in [0.2, 0.25) is 0 Å². The number of piperidine rings is 1. The van der Waals surface area contributed by atoms with Gasteiger partial charge in [0.05, 0.1) is 0 Å². The lowest BCUT2D eigenvalue weighted by atomic mass is 10.0. The summed E-state index contributed by atoms with van der Waals surface area (Å²) in [6, 6.07) is 0.640. The summed E-state index contributed by atoms with van der Waals surface area (Å²) in [6.45, 7) is 4.72. The predicted octanol–water partition coefficient (Wildman–Crippen LogP) is 1.34. The topological polar surface area (TPSA) is 32.3 Å². The summed E-state index contributed by atoms with van der Waals surface area (Å²) in [7, 11) is 0. The molecule has 2 rings (SSSR count). The number of nitrogens with zero attached hydrogens (tertiary/aromatic N) is 1. The molecule has 4 heteroatoms. The van der Waals surface area contributed by atoms with E-state index in [-0.39, 0.29) is 5.91 Å². The molecule has 2 saturated heterocycles. The van der Waals surface area contributed by atoms with E-state index in [1.54, 1.807) is 6.92 Å². The second kappa shape index (κ2) is 5.92. The molecule has 0 aromatic rings. The Morgan fingerprint density at radius 2 is 2.12 bits per heavy atom. The lowest BCUT2D eigenvalue weighted by molar-refractivity contribution is -0.129. The van der Waals surface area contributed by atoms with Gasteiger partial charge in [-0.2, -0.15) is 11.8 Å². The highest BCUT2D eigenvalue weighted by atomic mass is 32.2. The van der Waals surface area contributed by atoms with E-state index in [4.69, 9.17) is 0 Å². The van der Waals surface area contributed by atoms with Crippen molar-refractivity contribution in [1.82, 2.24) is 10.2 Å². The fourth-order valence-electron chi connectivity index (χ4n) is 2.48. The van der Waals surface area contributed by atoms with Crippen LogP contribution in [-0.4, -0.2) is 48.0 Å². The first kappa shape index (κ1) is 12.2. The van der Waals surface area contributed by atoms with Gasteiger partial charge in [-0.05, 0) is 43.2 Å². The Morgan fingerprint density at radius 3 is 2.69 bits per heavy atom. The van der Waals surface area contributed by atoms with Crippen molar-refractivity contribution in [2.75, 3.05) is 31.1 Å². The molecule has 1 unspecified atom stereocenters. The number of hydrogen-bond acceptors (Lipinski definition) is 3. The highest BCUT2D eigenvalue weighted by Gasteiger charge is 2.22. The van der Waals surface area contributed by atoms with Crippen molar-refractivity contribution >= 4 is 17.7 Å². The zero-order valence-corrected chi connectivity index (χ0v) is 10.9. The average Bonchev–Trinajstić information content (AvgIpc) is 2.80. The molecule has 0 radical (unpaired) electrons. The van der Waals surface area contributed by atoms with Gasteiger partial charge < -0.3 is 10.2 Å². The van der Waals surface area contributed by atoms with Crippen LogP contribution < -0.4 is 5.32 Å². The number of rotatable bonds is 3. The summed E-state index contributed by atoms with van der Waals surface area (Å²) < 4.78 is 0. The summed E-state index contributed by atoms with van der Waals surface area (Å²) in [5.74, 6) is 3.79. The molecule has 1 atom stereocenters. The third-order valence-electron chi connectivity index (χ3n) is 3.66. The summed E-state index contributed by atoms with van der Waals surface area (Å²) in [4.78, 5) is 13.1. The second-order valence-corrected chi connectivity index (χ2v) is 6.07. The largest absolute Gasteiger partial charge is 0.343 e. The first-order chi connectivity index (χ1) is 7.75. The molecule has 0 bridgehead atoms. The van der Waals surface area contributed by atoms with Gasteiger partial charge in [0.2, 0.25) is 5.91 Å². The summed E-state index contributed by atoms with van der Waals surface area (Å²) >= 11 is 2.08. The van der Waals surface area contributed by atoms with Crippen molar-refractivity contribution in [2.24, 2.45) is 5.92 Å². The molecular weight excluding hydrogens is 220 g/mol. The van der Waals surface area contributed by atoms with Crippen LogP contribution in [0.25, 0.3) is 0 Å². The minimum atomic E-state index is 0.227. The van der Waals surface area contributed by atoms with E-state index >= 15 is 0 Å². The van der Waals surface area contributed by atoms with Crippen LogP contribution in [-0.2, 0) is 4.79 Å². The molecule has 0 aromatic heterocycles. The van der Waals surface area contributed by atoms with Gasteiger partial charge in [0.25, 0.3) is 0 Å². The summed E-state index contributed by atoms with van der Waals surface area (Å²) in [5.41, 5.74) is 0. The summed E-state index contributed by atoms with van der Waals surface area (Å²) in [6.07, 6.45) is 3.63. The van der Waals surface area contributed by atoms with Crippen LogP contribution >= 0.6 is 11.8 Å². The third-order valence-corrected chi connectivity index (χ3v) is 4.89. The van der Waals surface area contributed by atoms with Crippen molar-refractivity contribution in [3.8, 4) is 0 Å². The molecular formula is C12H22N2OS. The van der Waals surface area contributed by atoms with E-state index in [2.05, 4.69) is 17.1 Å². The molecule has 92 valence electrons. The minimum absolute atomic E-state index is 0.227. The number of carbonyl (C=O) groups excluding carboxylic acids is 1. The van der Waals surface area contributed by atoms with Gasteiger partial charge in [-0.25, -0.2) is 0 Å². The minimum Gasteiger partial charge on any atom is -0.343 e. The van der Waals surface area contributed by atoms with Gasteiger partial charge in [0.15, 0.2) is 0 Å². The highest BCUT2D eigenvalue weighted by Crippen LogP contribution is 2.23. The van der Waals surface area contributed by atoms with Gasteiger partial charge in [0.1, 0.15) is 0 Å². The van der Waals surface area contributed by atoms with E-state index in [1.165, 1.54) is 24.5 Å². The van der Waals surface area contributed by atoms with Crippen molar-refractivity contribution < 1.29 is 4.79 Å². The first-order valence-electron chi connectivity index (χ1n) is 6.32. The van der Waals surface area contributed by atoms with Gasteiger partial charge in [-0.15, -0.1) is 0 Å². The Balaban J connectivity index is 1.63. The van der Waals surface area contributed by atoms with Crippen LogP contribution in [0.3, 0.4) is 0 Å². The fourth-order valence-corrected chi connectivity index (χ4v) is 3.76. The molecule has 3 nitrogen and oxygen atoms in total. The van der Waals surface area contributed by atoms with Crippen LogP contribution in [0.4, 0.5) is 0 Å². The number of likely N-dealkylation sites (tertiary alicyclic amines) is 1. The van der Waals surface area contributed by atoms with E-state index in [0.29, 0.717) is 6.04 Å². The lowest BCUT2D eigenvalue weighted by Gasteiger charge is -2.32. The zero-order valence-electron chi connectivity index (χ0n) is 10.1. The predicted molar refractivity (Wildman–Crippen MR) is 68.7 cm³/mol. The quantitative estimate of drug-likeness (QED) is 0.810. The molecule has 0 saturated carbocycles. The maximum Gasteiger partial charge on any atom is 0.219 e. The monoisotopic (exact) mass is 242 g/mol. The Morgan fingerprint density at radius 1 is 1.38 bits per heavy atom. The van der Waals surface area contributed by atoms with Crippen molar-refractivity contribution in [1.29, 1.82) is 0 Å². The third kappa shape index (κ3) is 3.39. The highest BCUT2D eigenvalue weighted by molar-refractivity contribution is 7.99. The Bertz CT molecular complexity index is 233. The number of amides is 1. The molecule has 0 spiro atoms. The molecule has 0 aromatic carbocycles. The van der Waals surface area contributed by atoms with Crippen LogP contribution in [0.15, 0.2) is 0 Å².